The highest BCUT2D eigenvalue weighted by molar-refractivity contribution is 5.98. The second kappa shape index (κ2) is 9.02. The zero-order valence-corrected chi connectivity index (χ0v) is 20.6. The van der Waals surface area contributed by atoms with Gasteiger partial charge in [0.05, 0.1) is 17.4 Å². The van der Waals surface area contributed by atoms with Crippen molar-refractivity contribution in [3.63, 3.8) is 0 Å². The quantitative estimate of drug-likeness (QED) is 0.452. The summed E-state index contributed by atoms with van der Waals surface area (Å²) in [6.07, 6.45) is 5.56. The second-order valence-electron chi connectivity index (χ2n) is 9.94. The van der Waals surface area contributed by atoms with E-state index in [1.807, 2.05) is 24.3 Å². The maximum atomic E-state index is 13.5. The van der Waals surface area contributed by atoms with Crippen LogP contribution in [0.25, 0.3) is 16.7 Å². The van der Waals surface area contributed by atoms with Crippen LogP contribution in [0.3, 0.4) is 0 Å². The highest BCUT2D eigenvalue weighted by atomic mass is 16.2. The monoisotopic (exact) mass is 500 g/mol. The van der Waals surface area contributed by atoms with Gasteiger partial charge < -0.3 is 10.2 Å². The predicted octanol–water partition coefficient (Wildman–Crippen LogP) is 2.20. The average molecular weight is 501 g/mol. The molecule has 4 aromatic rings. The minimum absolute atomic E-state index is 0.119. The molecule has 1 saturated carbocycles. The molecule has 0 atom stereocenters. The van der Waals surface area contributed by atoms with E-state index in [-0.39, 0.29) is 35.7 Å². The van der Waals surface area contributed by atoms with Crippen molar-refractivity contribution in [2.45, 2.75) is 51.1 Å². The molecule has 2 aromatic carbocycles. The van der Waals surface area contributed by atoms with Crippen molar-refractivity contribution in [2.75, 3.05) is 11.4 Å². The maximum Gasteiger partial charge on any atom is 0.352 e. The summed E-state index contributed by atoms with van der Waals surface area (Å²) in [5, 5.41) is 7.85. The molecule has 0 spiro atoms. The Morgan fingerprint density at radius 1 is 1.03 bits per heavy atom. The van der Waals surface area contributed by atoms with Crippen molar-refractivity contribution >= 4 is 34.2 Å². The lowest BCUT2D eigenvalue weighted by Crippen LogP contribution is -2.32. The molecule has 2 fully saturated rings. The van der Waals surface area contributed by atoms with Crippen LogP contribution in [-0.2, 0) is 18.4 Å². The highest BCUT2D eigenvalue weighted by Crippen LogP contribution is 2.22. The van der Waals surface area contributed by atoms with Crippen LogP contribution in [-0.4, -0.2) is 43.1 Å². The first-order valence-corrected chi connectivity index (χ1v) is 12.7. The summed E-state index contributed by atoms with van der Waals surface area (Å²) in [5.41, 5.74) is 1.75. The molecule has 1 aliphatic carbocycles. The van der Waals surface area contributed by atoms with Crippen LogP contribution in [0.15, 0.2) is 52.1 Å². The van der Waals surface area contributed by atoms with Gasteiger partial charge in [-0.25, -0.2) is 13.9 Å². The Morgan fingerprint density at radius 3 is 2.49 bits per heavy atom. The third-order valence-corrected chi connectivity index (χ3v) is 7.50. The van der Waals surface area contributed by atoms with Crippen LogP contribution in [0, 0.1) is 0 Å². The van der Waals surface area contributed by atoms with Gasteiger partial charge >= 0.3 is 5.69 Å². The molecule has 2 aliphatic rings. The van der Waals surface area contributed by atoms with Gasteiger partial charge in [-0.05, 0) is 55.2 Å². The highest BCUT2D eigenvalue weighted by Gasteiger charge is 2.22. The summed E-state index contributed by atoms with van der Waals surface area (Å²) < 4.78 is 4.05. The number of nitrogens with zero attached hydrogens (tertiary/aromatic N) is 5. The van der Waals surface area contributed by atoms with E-state index in [1.165, 1.54) is 13.6 Å². The predicted molar refractivity (Wildman–Crippen MR) is 139 cm³/mol. The zero-order chi connectivity index (χ0) is 25.7. The normalized spacial score (nSPS) is 16.4. The lowest BCUT2D eigenvalue weighted by molar-refractivity contribution is -0.117. The fourth-order valence-corrected chi connectivity index (χ4v) is 5.45. The van der Waals surface area contributed by atoms with E-state index < -0.39 is 5.69 Å². The topological polar surface area (TPSA) is 111 Å². The summed E-state index contributed by atoms with van der Waals surface area (Å²) in [6.45, 7) is 0.915. The Morgan fingerprint density at radius 2 is 1.78 bits per heavy atom. The summed E-state index contributed by atoms with van der Waals surface area (Å²) in [6, 6.07) is 12.5. The number of hydrogen-bond acceptors (Lipinski definition) is 5. The minimum Gasteiger partial charge on any atom is -0.349 e. The molecule has 37 heavy (non-hydrogen) atoms. The van der Waals surface area contributed by atoms with Crippen LogP contribution in [0.5, 0.6) is 0 Å². The molecule has 1 saturated heterocycles. The van der Waals surface area contributed by atoms with Crippen LogP contribution in [0.2, 0.25) is 0 Å². The molecule has 2 amide bonds. The third-order valence-electron chi connectivity index (χ3n) is 7.50. The van der Waals surface area contributed by atoms with Gasteiger partial charge in [0.1, 0.15) is 0 Å². The lowest BCUT2D eigenvalue weighted by Gasteiger charge is -2.15. The largest absolute Gasteiger partial charge is 0.352 e. The van der Waals surface area contributed by atoms with E-state index in [0.717, 1.165) is 43.4 Å². The Bertz CT molecular complexity index is 1660. The van der Waals surface area contributed by atoms with E-state index in [4.69, 9.17) is 0 Å². The maximum absolute atomic E-state index is 13.5. The standard InChI is InChI=1S/C27H28N6O4/c1-30-25(36)21-13-10-18(24(35)28-19-5-2-3-6-19)15-22(21)33-26(30)29-32(27(33)37)16-17-8-11-20(12-9-17)31-14-4-7-23(31)34/h8-13,15,19H,2-7,14,16H2,1H3,(H,28,35). The molecule has 10 heteroatoms. The summed E-state index contributed by atoms with van der Waals surface area (Å²) in [7, 11) is 1.58. The van der Waals surface area contributed by atoms with Gasteiger partial charge in [0, 0.05) is 37.3 Å². The number of nitrogens with one attached hydrogen (secondary N) is 1. The van der Waals surface area contributed by atoms with E-state index in [1.54, 1.807) is 30.1 Å². The molecule has 2 aromatic heterocycles. The lowest BCUT2D eigenvalue weighted by atomic mass is 10.1. The number of hydrogen-bond donors (Lipinski definition) is 1. The van der Waals surface area contributed by atoms with Crippen molar-refractivity contribution < 1.29 is 9.59 Å². The van der Waals surface area contributed by atoms with Gasteiger partial charge in [-0.3, -0.25) is 19.0 Å². The van der Waals surface area contributed by atoms with Crippen molar-refractivity contribution in [1.29, 1.82) is 0 Å². The van der Waals surface area contributed by atoms with Crippen LogP contribution < -0.4 is 21.5 Å². The molecule has 3 heterocycles. The number of anilines is 1. The average Bonchev–Trinajstić information content (AvgIpc) is 3.64. The number of carbonyl (C=O) groups is 2. The first-order chi connectivity index (χ1) is 17.9. The van der Waals surface area contributed by atoms with Crippen LogP contribution in [0.4, 0.5) is 5.69 Å². The number of benzene rings is 2. The molecule has 1 N–H and O–H groups in total. The van der Waals surface area contributed by atoms with Gasteiger partial charge in [0.25, 0.3) is 11.5 Å². The van der Waals surface area contributed by atoms with Gasteiger partial charge in [0.15, 0.2) is 0 Å². The fraction of sp³-hybridized carbons (Fsp3) is 0.370. The number of amides is 2. The number of rotatable bonds is 5. The molecule has 10 nitrogen and oxygen atoms in total. The molecule has 6 rings (SSSR count). The van der Waals surface area contributed by atoms with Gasteiger partial charge in [-0.2, -0.15) is 0 Å². The number of aromatic nitrogens is 4. The summed E-state index contributed by atoms with van der Waals surface area (Å²) in [4.78, 5) is 53.2. The number of fused-ring (bicyclic) bond motifs is 3. The molecular formula is C27H28N6O4. The number of carbonyl (C=O) groups excluding carboxylic acids is 2. The fourth-order valence-electron chi connectivity index (χ4n) is 5.45. The molecule has 0 unspecified atom stereocenters. The Labute approximate surface area is 212 Å². The first-order valence-electron chi connectivity index (χ1n) is 12.7. The SMILES string of the molecule is Cn1c(=O)c2ccc(C(=O)NC3CCCC3)cc2n2c(=O)n(Cc3ccc(N4CCCC4=O)cc3)nc12. The van der Waals surface area contributed by atoms with Gasteiger partial charge in [-0.1, -0.05) is 25.0 Å². The van der Waals surface area contributed by atoms with Crippen molar-refractivity contribution in [3.05, 3.63) is 74.4 Å². The van der Waals surface area contributed by atoms with Crippen LogP contribution in [0.1, 0.15) is 54.4 Å². The molecular weight excluding hydrogens is 472 g/mol. The van der Waals surface area contributed by atoms with E-state index in [2.05, 4.69) is 10.4 Å². The molecule has 0 radical (unpaired) electrons. The van der Waals surface area contributed by atoms with Gasteiger partial charge in [0.2, 0.25) is 11.7 Å². The minimum atomic E-state index is -0.400. The number of aryl methyl sites for hydroxylation is 1. The van der Waals surface area contributed by atoms with Gasteiger partial charge in [-0.15, -0.1) is 5.10 Å². The van der Waals surface area contributed by atoms with E-state index >= 15 is 0 Å². The third kappa shape index (κ3) is 4.02. The Kier molecular flexibility index (Phi) is 5.66. The Balaban J connectivity index is 1.37. The summed E-state index contributed by atoms with van der Waals surface area (Å²) in [5.74, 6) is 0.114. The Hall–Kier alpha value is -4.21. The molecule has 0 bridgehead atoms. The smallest absolute Gasteiger partial charge is 0.349 e. The molecule has 190 valence electrons. The van der Waals surface area contributed by atoms with Crippen molar-refractivity contribution in [3.8, 4) is 0 Å². The second-order valence-corrected chi connectivity index (χ2v) is 9.94. The summed E-state index contributed by atoms with van der Waals surface area (Å²) >= 11 is 0. The van der Waals surface area contributed by atoms with E-state index in [0.29, 0.717) is 29.4 Å². The first kappa shape index (κ1) is 23.2. The molecule has 1 aliphatic heterocycles. The van der Waals surface area contributed by atoms with Crippen molar-refractivity contribution in [2.24, 2.45) is 7.05 Å². The van der Waals surface area contributed by atoms with Crippen LogP contribution >= 0.6 is 0 Å². The van der Waals surface area contributed by atoms with E-state index in [9.17, 15) is 19.2 Å². The van der Waals surface area contributed by atoms with Crippen molar-refractivity contribution in [1.82, 2.24) is 24.1 Å². The zero-order valence-electron chi connectivity index (χ0n) is 20.6.